The van der Waals surface area contributed by atoms with Crippen molar-refractivity contribution in [3.8, 4) is 5.69 Å². The quantitative estimate of drug-likeness (QED) is 0.231. The molecule has 3 aromatic carbocycles. The summed E-state index contributed by atoms with van der Waals surface area (Å²) in [5.74, 6) is -1.24. The minimum Gasteiger partial charge on any atom is -0.317 e. The Morgan fingerprint density at radius 2 is 1.53 bits per heavy atom. The third-order valence-corrected chi connectivity index (χ3v) is 10.7. The first-order valence-corrected chi connectivity index (χ1v) is 18.5. The molecule has 3 heterocycles. The van der Waals surface area contributed by atoms with Crippen LogP contribution >= 0.6 is 23.1 Å². The Bertz CT molecular complexity index is 2370. The molecule has 2 N–H and O–H groups in total. The lowest BCUT2D eigenvalue weighted by Gasteiger charge is -2.18. The highest BCUT2D eigenvalue weighted by Gasteiger charge is 2.28. The van der Waals surface area contributed by atoms with Gasteiger partial charge in [-0.3, -0.25) is 23.0 Å². The Hall–Kier alpha value is -3.92. The predicted molar refractivity (Wildman–Crippen MR) is 179 cm³/mol. The van der Waals surface area contributed by atoms with E-state index >= 15 is 0 Å². The van der Waals surface area contributed by atoms with Gasteiger partial charge in [0, 0.05) is 26.7 Å². The number of rotatable bonds is 8. The number of thioether (sulfide) groups is 1. The number of para-hydroxylation sites is 2. The third-order valence-electron chi connectivity index (χ3n) is 7.17. The van der Waals surface area contributed by atoms with Crippen LogP contribution in [0, 0.1) is 0 Å². The minimum absolute atomic E-state index is 0.280. The first-order valence-electron chi connectivity index (χ1n) is 13.7. The highest BCUT2D eigenvalue weighted by molar-refractivity contribution is 8.03. The molecule has 45 heavy (non-hydrogen) atoms. The summed E-state index contributed by atoms with van der Waals surface area (Å²) in [5, 5.41) is 1.48. The molecule has 1 aliphatic rings. The van der Waals surface area contributed by atoms with Crippen LogP contribution in [0.3, 0.4) is 0 Å². The molecule has 10 nitrogen and oxygen atoms in total. The number of imidazole rings is 1. The molecule has 5 aromatic rings. The standard InChI is InChI=1S/C31H27N3O7S4/c1-2-32-29(18-28-23(19-44(36,37)38)22-12-6-8-14-26(22)42-28)34(21-10-4-3-5-11-21)25(31(32)35)16-17-30-33(20-45(39,40)41)24-13-7-9-15-27(24)43-30/h3-18H,2,19-20H2,1H3,(H,36,37,38)(H,39,40,41)/b25-16+,29-18?,30-17-. The maximum Gasteiger partial charge on any atom is 0.283 e. The summed E-state index contributed by atoms with van der Waals surface area (Å²) in [6.45, 7) is 2.13. The molecular formula is C31H27N3O7S4. The molecule has 0 radical (unpaired) electrons. The first kappa shape index (κ1) is 31.1. The van der Waals surface area contributed by atoms with Crippen molar-refractivity contribution in [1.29, 1.82) is 0 Å². The van der Waals surface area contributed by atoms with Crippen LogP contribution in [-0.2, 0) is 32.5 Å². The van der Waals surface area contributed by atoms with Crippen molar-refractivity contribution >= 4 is 71.3 Å². The third kappa shape index (κ3) is 6.43. The fraction of sp³-hybridized carbons (Fsp3) is 0.129. The molecule has 0 amide bonds. The number of hydrogen-bond acceptors (Lipinski definition) is 8. The van der Waals surface area contributed by atoms with Crippen molar-refractivity contribution in [3.63, 3.8) is 0 Å². The van der Waals surface area contributed by atoms with E-state index in [4.69, 9.17) is 0 Å². The molecule has 0 atom stereocenters. The Morgan fingerprint density at radius 3 is 2.24 bits per heavy atom. The van der Waals surface area contributed by atoms with Crippen LogP contribution < -0.4 is 21.3 Å². The van der Waals surface area contributed by atoms with Crippen LogP contribution in [0.25, 0.3) is 27.9 Å². The maximum absolute atomic E-state index is 14.0. The van der Waals surface area contributed by atoms with Crippen LogP contribution in [-0.4, -0.2) is 41.0 Å². The number of aromatic nitrogens is 2. The van der Waals surface area contributed by atoms with E-state index in [1.807, 2.05) is 61.5 Å². The zero-order chi connectivity index (χ0) is 31.9. The number of nitrogens with zero attached hydrogens (tertiary/aromatic N) is 3. The Kier molecular flexibility index (Phi) is 8.37. The number of hydrogen-bond donors (Lipinski definition) is 2. The zero-order valence-corrected chi connectivity index (χ0v) is 27.0. The van der Waals surface area contributed by atoms with E-state index < -0.39 is 31.9 Å². The van der Waals surface area contributed by atoms with Gasteiger partial charge in [0.25, 0.3) is 25.8 Å². The molecule has 0 bridgehead atoms. The summed E-state index contributed by atoms with van der Waals surface area (Å²) in [5.41, 5.74) is 1.90. The first-order chi connectivity index (χ1) is 21.4. The normalized spacial score (nSPS) is 15.4. The van der Waals surface area contributed by atoms with Crippen molar-refractivity contribution in [3.05, 3.63) is 122 Å². The van der Waals surface area contributed by atoms with E-state index in [0.717, 1.165) is 9.60 Å². The van der Waals surface area contributed by atoms with Crippen molar-refractivity contribution in [1.82, 2.24) is 9.13 Å². The molecule has 0 saturated carbocycles. The molecule has 0 saturated heterocycles. The second kappa shape index (κ2) is 12.1. The number of thiophene rings is 1. The Balaban J connectivity index is 1.63. The largest absolute Gasteiger partial charge is 0.317 e. The van der Waals surface area contributed by atoms with Crippen molar-refractivity contribution in [2.24, 2.45) is 0 Å². The van der Waals surface area contributed by atoms with Gasteiger partial charge in [-0.05, 0) is 66.4 Å². The summed E-state index contributed by atoms with van der Waals surface area (Å²) in [6.07, 6.45) is 5.03. The van der Waals surface area contributed by atoms with E-state index in [9.17, 15) is 30.7 Å². The molecule has 232 valence electrons. The lowest BCUT2D eigenvalue weighted by atomic mass is 10.1. The summed E-state index contributed by atoms with van der Waals surface area (Å²) in [6, 6.07) is 23.7. The Labute approximate surface area is 267 Å². The van der Waals surface area contributed by atoms with E-state index in [0.29, 0.717) is 44.3 Å². The van der Waals surface area contributed by atoms with Gasteiger partial charge in [-0.2, -0.15) is 16.8 Å². The Morgan fingerprint density at radius 1 is 0.844 bits per heavy atom. The van der Waals surface area contributed by atoms with E-state index in [-0.39, 0.29) is 10.9 Å². The van der Waals surface area contributed by atoms with Gasteiger partial charge in [0.15, 0.2) is 5.88 Å². The van der Waals surface area contributed by atoms with Crippen molar-refractivity contribution in [2.75, 3.05) is 10.8 Å². The van der Waals surface area contributed by atoms with E-state index in [2.05, 4.69) is 0 Å². The van der Waals surface area contributed by atoms with E-state index in [1.165, 1.54) is 28.0 Å². The second-order valence-corrected chi connectivity index (χ2v) is 15.2. The summed E-state index contributed by atoms with van der Waals surface area (Å²) >= 11 is 2.67. The monoisotopic (exact) mass is 681 g/mol. The van der Waals surface area contributed by atoms with Gasteiger partial charge in [-0.15, -0.1) is 11.3 Å². The topological polar surface area (TPSA) is 139 Å². The van der Waals surface area contributed by atoms with Crippen LogP contribution in [0.4, 0.5) is 5.69 Å². The summed E-state index contributed by atoms with van der Waals surface area (Å²) < 4.78 is 71.5. The number of benzene rings is 3. The molecule has 2 aromatic heterocycles. The number of anilines is 1. The fourth-order valence-corrected chi connectivity index (χ4v) is 9.00. The second-order valence-electron chi connectivity index (χ2n) is 10.2. The van der Waals surface area contributed by atoms with Crippen LogP contribution in [0.15, 0.2) is 99.7 Å². The van der Waals surface area contributed by atoms with Crippen LogP contribution in [0.5, 0.6) is 0 Å². The van der Waals surface area contributed by atoms with Gasteiger partial charge in [-0.1, -0.05) is 60.3 Å². The lowest BCUT2D eigenvalue weighted by molar-refractivity contribution is 0.480. The smallest absolute Gasteiger partial charge is 0.283 e. The van der Waals surface area contributed by atoms with E-state index in [1.54, 1.807) is 51.6 Å². The van der Waals surface area contributed by atoms with Crippen LogP contribution in [0.2, 0.25) is 0 Å². The molecule has 0 aliphatic carbocycles. The van der Waals surface area contributed by atoms with Crippen molar-refractivity contribution in [2.45, 2.75) is 24.1 Å². The van der Waals surface area contributed by atoms with Gasteiger partial charge < -0.3 is 4.90 Å². The van der Waals surface area contributed by atoms with Gasteiger partial charge in [0.1, 0.15) is 16.6 Å². The maximum atomic E-state index is 14.0. The average Bonchev–Trinajstić information content (AvgIpc) is 3.60. The molecule has 1 aliphatic heterocycles. The van der Waals surface area contributed by atoms with Gasteiger partial charge >= 0.3 is 0 Å². The average molecular weight is 682 g/mol. The molecule has 0 fully saturated rings. The van der Waals surface area contributed by atoms with Crippen molar-refractivity contribution < 1.29 is 25.9 Å². The zero-order valence-electron chi connectivity index (χ0n) is 23.8. The SMILES string of the molecule is CCn1c(=O)/c(=C\C=C2/Sc3ccccc3N2CS(=O)(=O)O)n(-c2ccccc2)c1=Cc1sc2ccccc2c1CS(=O)(=O)O. The number of fused-ring (bicyclic) bond motifs is 2. The predicted octanol–water partition coefficient (Wildman–Crippen LogP) is 4.17. The molecule has 0 spiro atoms. The van der Waals surface area contributed by atoms with Gasteiger partial charge in [-0.25, -0.2) is 0 Å². The summed E-state index contributed by atoms with van der Waals surface area (Å²) in [4.78, 5) is 16.9. The fourth-order valence-electron chi connectivity index (χ4n) is 5.33. The highest BCUT2D eigenvalue weighted by atomic mass is 32.2. The molecule has 0 unspecified atom stereocenters. The molecular weight excluding hydrogens is 655 g/mol. The van der Waals surface area contributed by atoms with Gasteiger partial charge in [0.2, 0.25) is 0 Å². The van der Waals surface area contributed by atoms with Gasteiger partial charge in [0.05, 0.1) is 10.7 Å². The minimum atomic E-state index is -4.37. The van der Waals surface area contributed by atoms with Crippen LogP contribution in [0.1, 0.15) is 17.4 Å². The highest BCUT2D eigenvalue weighted by Crippen LogP contribution is 2.45. The molecule has 14 heteroatoms. The number of allylic oxidation sites excluding steroid dienone is 1. The summed E-state index contributed by atoms with van der Waals surface area (Å²) in [7, 11) is -8.74. The lowest BCUT2D eigenvalue weighted by Crippen LogP contribution is -2.31. The molecule has 6 rings (SSSR count).